The topological polar surface area (TPSA) is 122 Å². The lowest BCUT2D eigenvalue weighted by Crippen LogP contribution is -2.21. The zero-order valence-electron chi connectivity index (χ0n) is 20.4. The fraction of sp³-hybridized carbons (Fsp3) is 0.120. The van der Waals surface area contributed by atoms with Gasteiger partial charge < -0.3 is 16.2 Å². The van der Waals surface area contributed by atoms with E-state index < -0.39 is 11.6 Å². The Morgan fingerprint density at radius 2 is 1.97 bits per heavy atom. The number of nitrogens with two attached hydrogens (primary N) is 2. The molecule has 8 nitrogen and oxygen atoms in total. The van der Waals surface area contributed by atoms with Crippen LogP contribution in [0.5, 0.6) is 11.5 Å². The standard InChI is InChI=1S/C25H25ClF2N6O2S2/c1-3-37-14-24(30)33-38-34(35)21-12-16(26)23(13-18(21)28)36-22-9-8-19(15-6-4-5-7-17(15)27)32-25(22)20(31-2)10-11-29/h4-14,33,35H,3,29-30H2,1-2H3/b11-10?,24-14-,31-20?. The van der Waals surface area contributed by atoms with Crippen LogP contribution >= 0.6 is 35.5 Å². The van der Waals surface area contributed by atoms with Crippen LogP contribution < -0.4 is 25.4 Å². The molecule has 0 unspecified atom stereocenters. The van der Waals surface area contributed by atoms with Gasteiger partial charge in [-0.3, -0.25) is 14.9 Å². The quantitative estimate of drug-likeness (QED) is 0.119. The number of rotatable bonds is 11. The highest BCUT2D eigenvalue weighted by atomic mass is 35.5. The molecule has 0 atom stereocenters. The average molecular weight is 579 g/mol. The number of hydrogen-bond donors (Lipinski definition) is 4. The van der Waals surface area contributed by atoms with Gasteiger partial charge in [0.05, 0.1) is 28.6 Å². The Labute approximate surface area is 232 Å². The molecule has 0 saturated carbocycles. The van der Waals surface area contributed by atoms with Crippen LogP contribution in [0.4, 0.5) is 14.5 Å². The van der Waals surface area contributed by atoms with Gasteiger partial charge in [-0.2, -0.15) is 4.47 Å². The molecule has 2 aromatic carbocycles. The van der Waals surface area contributed by atoms with Crippen LogP contribution in [-0.4, -0.2) is 28.7 Å². The number of nitrogens with one attached hydrogen (secondary N) is 1. The number of anilines is 1. The van der Waals surface area contributed by atoms with Gasteiger partial charge in [-0.15, -0.1) is 11.8 Å². The fourth-order valence-corrected chi connectivity index (χ4v) is 4.25. The smallest absolute Gasteiger partial charge is 0.155 e. The predicted octanol–water partition coefficient (Wildman–Crippen LogP) is 6.22. The molecule has 0 bridgehead atoms. The molecule has 1 aromatic heterocycles. The van der Waals surface area contributed by atoms with Crippen molar-refractivity contribution in [3.05, 3.63) is 94.4 Å². The van der Waals surface area contributed by atoms with Crippen LogP contribution in [0.2, 0.25) is 5.02 Å². The largest absolute Gasteiger partial charge is 0.453 e. The van der Waals surface area contributed by atoms with E-state index in [1.165, 1.54) is 43.2 Å². The molecule has 0 aliphatic heterocycles. The van der Waals surface area contributed by atoms with E-state index >= 15 is 0 Å². The molecule has 0 saturated heterocycles. The average Bonchev–Trinajstić information content (AvgIpc) is 2.91. The van der Waals surface area contributed by atoms with E-state index in [1.807, 2.05) is 6.92 Å². The number of aliphatic imine (C=N–C) groups is 1. The first-order valence-electron chi connectivity index (χ1n) is 11.1. The second-order valence-electron chi connectivity index (χ2n) is 7.32. The Morgan fingerprint density at radius 1 is 1.21 bits per heavy atom. The molecule has 0 aliphatic rings. The lowest BCUT2D eigenvalue weighted by molar-refractivity contribution is 0.326. The van der Waals surface area contributed by atoms with E-state index in [1.54, 1.807) is 35.7 Å². The second kappa shape index (κ2) is 13.9. The Hall–Kier alpha value is -3.45. The van der Waals surface area contributed by atoms with E-state index in [2.05, 4.69) is 14.7 Å². The Kier molecular flexibility index (Phi) is 10.7. The molecule has 200 valence electrons. The maximum absolute atomic E-state index is 14.9. The highest BCUT2D eigenvalue weighted by molar-refractivity contribution is 8.02. The summed E-state index contributed by atoms with van der Waals surface area (Å²) < 4.78 is 38.5. The normalized spacial score (nSPS) is 12.2. The SMILES string of the molecule is CCS/C=C(/N)NSN(O)c1cc(Cl)c(Oc2ccc(-c3ccccc3F)nc2C(C=CN)=NC)cc1F. The zero-order chi connectivity index (χ0) is 27.7. The highest BCUT2D eigenvalue weighted by Gasteiger charge is 2.19. The molecule has 38 heavy (non-hydrogen) atoms. The van der Waals surface area contributed by atoms with Crippen molar-refractivity contribution < 1.29 is 18.7 Å². The van der Waals surface area contributed by atoms with Gasteiger partial charge in [0.15, 0.2) is 11.6 Å². The van der Waals surface area contributed by atoms with E-state index in [9.17, 15) is 14.0 Å². The van der Waals surface area contributed by atoms with Gasteiger partial charge in [0.2, 0.25) is 0 Å². The number of hydrogen-bond acceptors (Lipinski definition) is 10. The lowest BCUT2D eigenvalue weighted by atomic mass is 10.1. The molecular weight excluding hydrogens is 554 g/mol. The van der Waals surface area contributed by atoms with Crippen LogP contribution in [0, 0.1) is 11.6 Å². The van der Waals surface area contributed by atoms with Crippen LogP contribution in [0.1, 0.15) is 12.6 Å². The summed E-state index contributed by atoms with van der Waals surface area (Å²) in [7, 11) is 1.53. The summed E-state index contributed by atoms with van der Waals surface area (Å²) >= 11 is 8.48. The minimum absolute atomic E-state index is 0.000382. The fourth-order valence-electron chi connectivity index (χ4n) is 3.09. The van der Waals surface area contributed by atoms with Gasteiger partial charge in [0, 0.05) is 24.1 Å². The van der Waals surface area contributed by atoms with Crippen molar-refractivity contribution in [2.45, 2.75) is 6.92 Å². The van der Waals surface area contributed by atoms with Gasteiger partial charge in [-0.1, -0.05) is 30.7 Å². The number of ether oxygens (including phenoxy) is 1. The minimum Gasteiger partial charge on any atom is -0.453 e. The first-order chi connectivity index (χ1) is 18.3. The van der Waals surface area contributed by atoms with E-state index in [-0.39, 0.29) is 39.3 Å². The van der Waals surface area contributed by atoms with Gasteiger partial charge >= 0.3 is 0 Å². The number of thioether (sulfide) groups is 1. The molecule has 13 heteroatoms. The molecule has 0 aliphatic carbocycles. The first kappa shape index (κ1) is 29.1. The summed E-state index contributed by atoms with van der Waals surface area (Å²) in [6.07, 6.45) is 2.77. The van der Waals surface area contributed by atoms with Crippen LogP contribution in [0.3, 0.4) is 0 Å². The number of nitrogens with zero attached hydrogens (tertiary/aromatic N) is 3. The van der Waals surface area contributed by atoms with Gasteiger partial charge in [0.25, 0.3) is 0 Å². The summed E-state index contributed by atoms with van der Waals surface area (Å²) in [6, 6.07) is 11.5. The van der Waals surface area contributed by atoms with Crippen molar-refractivity contribution in [2.24, 2.45) is 16.5 Å². The molecular formula is C25H25ClF2N6O2S2. The first-order valence-corrected chi connectivity index (χ1v) is 13.3. The maximum Gasteiger partial charge on any atom is 0.155 e. The van der Waals surface area contributed by atoms with E-state index in [0.29, 0.717) is 28.0 Å². The summed E-state index contributed by atoms with van der Waals surface area (Å²) in [4.78, 5) is 8.71. The number of benzene rings is 2. The van der Waals surface area contributed by atoms with Crippen LogP contribution in [-0.2, 0) is 0 Å². The Bertz CT molecular complexity index is 1370. The summed E-state index contributed by atoms with van der Waals surface area (Å²) in [5, 5.41) is 11.9. The molecule has 0 spiro atoms. The highest BCUT2D eigenvalue weighted by Crippen LogP contribution is 2.37. The minimum atomic E-state index is -0.824. The third-order valence-electron chi connectivity index (χ3n) is 4.80. The molecule has 0 amide bonds. The van der Waals surface area contributed by atoms with Crippen molar-refractivity contribution in [1.29, 1.82) is 0 Å². The van der Waals surface area contributed by atoms with Crippen molar-refractivity contribution in [3.63, 3.8) is 0 Å². The molecule has 0 fully saturated rings. The molecule has 6 N–H and O–H groups in total. The molecule has 3 rings (SSSR count). The van der Waals surface area contributed by atoms with Gasteiger partial charge in [0.1, 0.15) is 28.8 Å². The number of pyridine rings is 1. The third kappa shape index (κ3) is 7.32. The van der Waals surface area contributed by atoms with Crippen molar-refractivity contribution in [2.75, 3.05) is 17.3 Å². The maximum atomic E-state index is 14.9. The summed E-state index contributed by atoms with van der Waals surface area (Å²) in [6.45, 7) is 1.96. The summed E-state index contributed by atoms with van der Waals surface area (Å²) in [5.74, 6) is -0.0554. The van der Waals surface area contributed by atoms with Crippen molar-refractivity contribution in [1.82, 2.24) is 9.71 Å². The molecule has 1 heterocycles. The molecule has 0 radical (unpaired) electrons. The number of halogens is 3. The predicted molar refractivity (Wildman–Crippen MR) is 152 cm³/mol. The second-order valence-corrected chi connectivity index (χ2v) is 9.61. The summed E-state index contributed by atoms with van der Waals surface area (Å²) in [5.41, 5.74) is 12.3. The van der Waals surface area contributed by atoms with Crippen molar-refractivity contribution in [3.8, 4) is 22.8 Å². The zero-order valence-corrected chi connectivity index (χ0v) is 22.7. The van der Waals surface area contributed by atoms with Crippen LogP contribution in [0.15, 0.2) is 77.0 Å². The van der Waals surface area contributed by atoms with Gasteiger partial charge in [-0.25, -0.2) is 13.8 Å². The molecule has 3 aromatic rings. The number of allylic oxidation sites excluding steroid dienone is 1. The monoisotopic (exact) mass is 578 g/mol. The van der Waals surface area contributed by atoms with Crippen molar-refractivity contribution >= 4 is 46.9 Å². The third-order valence-corrected chi connectivity index (χ3v) is 6.55. The lowest BCUT2D eigenvalue weighted by Gasteiger charge is -2.18. The number of aromatic nitrogens is 1. The van der Waals surface area contributed by atoms with E-state index in [4.69, 9.17) is 27.8 Å². The van der Waals surface area contributed by atoms with E-state index in [0.717, 1.165) is 11.8 Å². The van der Waals surface area contributed by atoms with Crippen LogP contribution in [0.25, 0.3) is 11.3 Å². The Morgan fingerprint density at radius 3 is 2.66 bits per heavy atom. The Balaban J connectivity index is 1.94. The van der Waals surface area contributed by atoms with Gasteiger partial charge in [-0.05, 0) is 48.4 Å².